The summed E-state index contributed by atoms with van der Waals surface area (Å²) in [5.41, 5.74) is 6.12. The fourth-order valence-corrected chi connectivity index (χ4v) is 1.25. The van der Waals surface area contributed by atoms with Crippen molar-refractivity contribution in [3.63, 3.8) is 0 Å². The molecule has 1 atom stereocenters. The van der Waals surface area contributed by atoms with Gasteiger partial charge >= 0.3 is 6.61 Å². The van der Waals surface area contributed by atoms with Crippen LogP contribution in [0.3, 0.4) is 0 Å². The molecule has 1 aromatic rings. The minimum atomic E-state index is -3.07. The van der Waals surface area contributed by atoms with Gasteiger partial charge in [0.25, 0.3) is 0 Å². The van der Waals surface area contributed by atoms with Crippen molar-refractivity contribution in [1.82, 2.24) is 0 Å². The first-order valence-electron chi connectivity index (χ1n) is 5.24. The Morgan fingerprint density at radius 2 is 2.06 bits per heavy atom. The second kappa shape index (κ2) is 5.65. The molecule has 0 aliphatic carbocycles. The molecule has 0 amide bonds. The van der Waals surface area contributed by atoms with Crippen molar-refractivity contribution in [2.45, 2.75) is 32.9 Å². The summed E-state index contributed by atoms with van der Waals surface area (Å²) < 4.78 is 41.3. The monoisotopic (exact) mass is 248 g/mol. The highest BCUT2D eigenvalue weighted by Gasteiger charge is 2.14. The van der Waals surface area contributed by atoms with Gasteiger partial charge in [0.15, 0.2) is 11.6 Å². The van der Waals surface area contributed by atoms with Crippen LogP contribution in [0.4, 0.5) is 24.5 Å². The van der Waals surface area contributed by atoms with Crippen molar-refractivity contribution in [2.24, 2.45) is 0 Å². The lowest BCUT2D eigenvalue weighted by Gasteiger charge is -2.16. The van der Waals surface area contributed by atoms with Crippen LogP contribution in [-0.4, -0.2) is 12.7 Å². The van der Waals surface area contributed by atoms with E-state index in [1.807, 2.05) is 13.8 Å². The predicted molar refractivity (Wildman–Crippen MR) is 60.8 cm³/mol. The van der Waals surface area contributed by atoms with E-state index in [0.717, 1.165) is 18.6 Å². The average molecular weight is 248 g/mol. The third-order valence-corrected chi connectivity index (χ3v) is 2.33. The fraction of sp³-hybridized carbons (Fsp3) is 0.455. The normalized spacial score (nSPS) is 12.6. The zero-order valence-electron chi connectivity index (χ0n) is 9.64. The van der Waals surface area contributed by atoms with Crippen molar-refractivity contribution in [3.8, 4) is 5.75 Å². The number of hydrogen-bond donors (Lipinski definition) is 2. The van der Waals surface area contributed by atoms with E-state index in [0.29, 0.717) is 5.69 Å². The van der Waals surface area contributed by atoms with E-state index in [-0.39, 0.29) is 11.7 Å². The Labute approximate surface area is 97.8 Å². The average Bonchev–Trinajstić information content (AvgIpc) is 2.24. The summed E-state index contributed by atoms with van der Waals surface area (Å²) in [5, 5.41) is 2.98. The van der Waals surface area contributed by atoms with Gasteiger partial charge in [-0.15, -0.1) is 0 Å². The number of nitrogen functional groups attached to an aromatic ring is 1. The van der Waals surface area contributed by atoms with Crippen molar-refractivity contribution < 1.29 is 17.9 Å². The Kier molecular flexibility index (Phi) is 4.48. The van der Waals surface area contributed by atoms with E-state index in [4.69, 9.17) is 5.73 Å². The van der Waals surface area contributed by atoms with Crippen molar-refractivity contribution in [3.05, 3.63) is 17.9 Å². The molecule has 0 spiro atoms. The number of alkyl halides is 2. The highest BCUT2D eigenvalue weighted by molar-refractivity contribution is 5.68. The lowest BCUT2D eigenvalue weighted by molar-refractivity contribution is -0.0521. The maximum atomic E-state index is 13.2. The number of benzene rings is 1. The third-order valence-electron chi connectivity index (χ3n) is 2.33. The molecule has 0 radical (unpaired) electrons. The van der Waals surface area contributed by atoms with Crippen molar-refractivity contribution in [1.29, 1.82) is 0 Å². The molecular weight excluding hydrogens is 233 g/mol. The maximum Gasteiger partial charge on any atom is 0.387 e. The second-order valence-electron chi connectivity index (χ2n) is 3.70. The summed E-state index contributed by atoms with van der Waals surface area (Å²) in [6.07, 6.45) is 0.821. The minimum absolute atomic E-state index is 0.0992. The molecule has 1 unspecified atom stereocenters. The summed E-state index contributed by atoms with van der Waals surface area (Å²) in [5.74, 6) is -1.42. The van der Waals surface area contributed by atoms with E-state index >= 15 is 0 Å². The number of nitrogens with one attached hydrogen (secondary N) is 1. The van der Waals surface area contributed by atoms with Crippen molar-refractivity contribution >= 4 is 11.4 Å². The zero-order valence-corrected chi connectivity index (χ0v) is 9.64. The van der Waals surface area contributed by atoms with Gasteiger partial charge in [-0.25, -0.2) is 4.39 Å². The molecule has 0 saturated heterocycles. The molecule has 3 N–H and O–H groups in total. The van der Waals surface area contributed by atoms with Gasteiger partial charge in [-0.3, -0.25) is 0 Å². The highest BCUT2D eigenvalue weighted by atomic mass is 19.3. The quantitative estimate of drug-likeness (QED) is 0.786. The van der Waals surface area contributed by atoms with Gasteiger partial charge in [-0.2, -0.15) is 8.78 Å². The summed E-state index contributed by atoms with van der Waals surface area (Å²) in [7, 11) is 0. The van der Waals surface area contributed by atoms with Gasteiger partial charge in [0, 0.05) is 18.2 Å². The summed E-state index contributed by atoms with van der Waals surface area (Å²) >= 11 is 0. The topological polar surface area (TPSA) is 47.3 Å². The maximum absolute atomic E-state index is 13.2. The SMILES string of the molecule is CCC(C)Nc1cc(OC(F)F)c(F)cc1N. The van der Waals surface area contributed by atoms with Crippen LogP contribution in [0.2, 0.25) is 0 Å². The highest BCUT2D eigenvalue weighted by Crippen LogP contribution is 2.29. The molecule has 0 aliphatic heterocycles. The van der Waals surface area contributed by atoms with Crippen LogP contribution in [-0.2, 0) is 0 Å². The Hall–Kier alpha value is -1.59. The van der Waals surface area contributed by atoms with Crippen LogP contribution in [0.1, 0.15) is 20.3 Å². The lowest BCUT2D eigenvalue weighted by Crippen LogP contribution is -2.15. The molecule has 17 heavy (non-hydrogen) atoms. The molecule has 0 heterocycles. The molecule has 1 rings (SSSR count). The van der Waals surface area contributed by atoms with E-state index in [9.17, 15) is 13.2 Å². The Morgan fingerprint density at radius 1 is 1.41 bits per heavy atom. The number of ether oxygens (including phenoxy) is 1. The Morgan fingerprint density at radius 3 is 2.59 bits per heavy atom. The first-order valence-corrected chi connectivity index (χ1v) is 5.24. The molecule has 0 aromatic heterocycles. The summed E-state index contributed by atoms with van der Waals surface area (Å²) in [4.78, 5) is 0. The van der Waals surface area contributed by atoms with Crippen LogP contribution < -0.4 is 15.8 Å². The Balaban J connectivity index is 2.97. The number of hydrogen-bond acceptors (Lipinski definition) is 3. The molecule has 0 aliphatic rings. The second-order valence-corrected chi connectivity index (χ2v) is 3.70. The fourth-order valence-electron chi connectivity index (χ4n) is 1.25. The van der Waals surface area contributed by atoms with Crippen LogP contribution in [0.25, 0.3) is 0 Å². The molecule has 0 fully saturated rings. The van der Waals surface area contributed by atoms with Gasteiger partial charge in [0.1, 0.15) is 0 Å². The number of halogens is 3. The van der Waals surface area contributed by atoms with E-state index in [1.54, 1.807) is 0 Å². The lowest BCUT2D eigenvalue weighted by atomic mass is 10.2. The zero-order chi connectivity index (χ0) is 13.0. The minimum Gasteiger partial charge on any atom is -0.432 e. The van der Waals surface area contributed by atoms with E-state index in [2.05, 4.69) is 10.1 Å². The first-order chi connectivity index (χ1) is 7.93. The van der Waals surface area contributed by atoms with Gasteiger partial charge < -0.3 is 15.8 Å². The molecule has 96 valence electrons. The molecule has 0 bridgehead atoms. The first kappa shape index (κ1) is 13.5. The Bertz CT molecular complexity index is 385. The van der Waals surface area contributed by atoms with Gasteiger partial charge in [0.2, 0.25) is 0 Å². The molecule has 0 saturated carbocycles. The van der Waals surface area contributed by atoms with E-state index in [1.165, 1.54) is 0 Å². The standard InChI is InChI=1S/C11H15F3N2O/c1-3-6(2)16-9-5-10(17-11(13)14)7(12)4-8(9)15/h4-6,11,16H,3,15H2,1-2H3. The largest absolute Gasteiger partial charge is 0.432 e. The molecule has 1 aromatic carbocycles. The number of anilines is 2. The predicted octanol–water partition coefficient (Wildman–Crippen LogP) is 3.22. The van der Waals surface area contributed by atoms with Crippen LogP contribution in [0, 0.1) is 5.82 Å². The summed E-state index contributed by atoms with van der Waals surface area (Å²) in [6.45, 7) is 0.786. The van der Waals surface area contributed by atoms with Crippen LogP contribution in [0.5, 0.6) is 5.75 Å². The van der Waals surface area contributed by atoms with Crippen LogP contribution >= 0.6 is 0 Å². The van der Waals surface area contributed by atoms with Crippen molar-refractivity contribution in [2.75, 3.05) is 11.1 Å². The molecule has 6 heteroatoms. The van der Waals surface area contributed by atoms with Gasteiger partial charge in [0.05, 0.1) is 11.4 Å². The van der Waals surface area contributed by atoms with Gasteiger partial charge in [-0.1, -0.05) is 6.92 Å². The summed E-state index contributed by atoms with van der Waals surface area (Å²) in [6, 6.07) is 2.20. The van der Waals surface area contributed by atoms with Crippen LogP contribution in [0.15, 0.2) is 12.1 Å². The van der Waals surface area contributed by atoms with E-state index < -0.39 is 18.2 Å². The van der Waals surface area contributed by atoms with Gasteiger partial charge in [-0.05, 0) is 13.3 Å². The molecule has 3 nitrogen and oxygen atoms in total. The smallest absolute Gasteiger partial charge is 0.387 e. The number of nitrogens with two attached hydrogens (primary N) is 1. The number of rotatable bonds is 5. The third kappa shape index (κ3) is 3.72. The molecular formula is C11H15F3N2O.